The van der Waals surface area contributed by atoms with E-state index in [1.165, 1.54) is 12.1 Å². The summed E-state index contributed by atoms with van der Waals surface area (Å²) in [5.74, 6) is 0.220. The highest BCUT2D eigenvalue weighted by molar-refractivity contribution is 8.13. The Morgan fingerprint density at radius 1 is 1.25 bits per heavy atom. The highest BCUT2D eigenvalue weighted by atomic mass is 35.7. The number of nitrogens with zero attached hydrogens (tertiary/aromatic N) is 2. The molecule has 1 aromatic heterocycles. The predicted molar refractivity (Wildman–Crippen MR) is 77.2 cm³/mol. The van der Waals surface area contributed by atoms with Crippen molar-refractivity contribution in [1.29, 1.82) is 0 Å². The molecule has 0 amide bonds. The van der Waals surface area contributed by atoms with Crippen LogP contribution in [-0.4, -0.2) is 24.6 Å². The molecule has 1 heterocycles. The van der Waals surface area contributed by atoms with E-state index in [0.29, 0.717) is 13.2 Å². The number of halogens is 3. The predicted octanol–water partition coefficient (Wildman–Crippen LogP) is 3.20. The van der Waals surface area contributed by atoms with Gasteiger partial charge in [-0.3, -0.25) is 0 Å². The largest absolute Gasteiger partial charge is 0.489 e. The highest BCUT2D eigenvalue weighted by Gasteiger charge is 2.16. The summed E-state index contributed by atoms with van der Waals surface area (Å²) >= 11 is 11.9. The van der Waals surface area contributed by atoms with Gasteiger partial charge >= 0.3 is 0 Å². The van der Waals surface area contributed by atoms with Gasteiger partial charge in [0.25, 0.3) is 9.05 Å². The molecule has 0 spiro atoms. The summed E-state index contributed by atoms with van der Waals surface area (Å²) in [4.78, 5) is 3.73. The molecule has 9 heteroatoms. The third-order valence-electron chi connectivity index (χ3n) is 2.41. The first-order valence-electron chi connectivity index (χ1n) is 5.40. The molecule has 5 nitrogen and oxygen atoms in total. The lowest BCUT2D eigenvalue weighted by atomic mass is 10.3. The molecular weight excluding hydrogens is 347 g/mol. The standard InChI is InChI=1S/C11H9Cl3N2O3S/c12-9-5-8(20(14,17)18)6-10(13)11(9)19-4-3-16-2-1-15-7-16/h1-2,5-7H,3-4H2. The Bertz CT molecular complexity index is 679. The molecule has 0 aliphatic carbocycles. The molecule has 0 aliphatic heterocycles. The van der Waals surface area contributed by atoms with Crippen LogP contribution in [0.1, 0.15) is 0 Å². The molecule has 0 saturated heterocycles. The third kappa shape index (κ3) is 3.79. The van der Waals surface area contributed by atoms with Gasteiger partial charge in [-0.1, -0.05) is 23.2 Å². The van der Waals surface area contributed by atoms with Crippen LogP contribution in [0, 0.1) is 0 Å². The number of benzene rings is 1. The summed E-state index contributed by atoms with van der Waals surface area (Å²) in [5.41, 5.74) is 0. The van der Waals surface area contributed by atoms with Crippen molar-refractivity contribution in [1.82, 2.24) is 9.55 Å². The molecule has 1 aromatic carbocycles. The van der Waals surface area contributed by atoms with Gasteiger partial charge in [0.2, 0.25) is 0 Å². The summed E-state index contributed by atoms with van der Waals surface area (Å²) in [5, 5.41) is 0.171. The molecule has 0 fully saturated rings. The second kappa shape index (κ2) is 6.22. The van der Waals surface area contributed by atoms with Crippen LogP contribution in [0.4, 0.5) is 0 Å². The molecular formula is C11H9Cl3N2O3S. The fraction of sp³-hybridized carbons (Fsp3) is 0.182. The number of ether oxygens (including phenoxy) is 1. The first-order valence-corrected chi connectivity index (χ1v) is 8.46. The van der Waals surface area contributed by atoms with E-state index < -0.39 is 9.05 Å². The molecule has 0 saturated carbocycles. The van der Waals surface area contributed by atoms with Crippen molar-refractivity contribution in [2.75, 3.05) is 6.61 Å². The maximum Gasteiger partial charge on any atom is 0.261 e. The third-order valence-corrected chi connectivity index (χ3v) is 4.30. The minimum Gasteiger partial charge on any atom is -0.489 e. The smallest absolute Gasteiger partial charge is 0.261 e. The van der Waals surface area contributed by atoms with Gasteiger partial charge in [-0.05, 0) is 12.1 Å². The fourth-order valence-electron chi connectivity index (χ4n) is 1.49. The minimum absolute atomic E-state index is 0.0855. The SMILES string of the molecule is O=S(=O)(Cl)c1cc(Cl)c(OCCn2ccnc2)c(Cl)c1. The molecule has 0 N–H and O–H groups in total. The number of rotatable bonds is 5. The van der Waals surface area contributed by atoms with Crippen molar-refractivity contribution < 1.29 is 13.2 Å². The van der Waals surface area contributed by atoms with Crippen molar-refractivity contribution >= 4 is 42.9 Å². The van der Waals surface area contributed by atoms with Gasteiger partial charge in [-0.25, -0.2) is 13.4 Å². The van der Waals surface area contributed by atoms with E-state index in [1.54, 1.807) is 18.7 Å². The Morgan fingerprint density at radius 3 is 2.40 bits per heavy atom. The highest BCUT2D eigenvalue weighted by Crippen LogP contribution is 2.36. The van der Waals surface area contributed by atoms with Gasteiger partial charge < -0.3 is 9.30 Å². The minimum atomic E-state index is -3.89. The van der Waals surface area contributed by atoms with E-state index in [4.69, 9.17) is 38.6 Å². The number of hydrogen-bond donors (Lipinski definition) is 0. The molecule has 2 rings (SSSR count). The Labute approximate surface area is 130 Å². The van der Waals surface area contributed by atoms with Crippen LogP contribution in [0.15, 0.2) is 35.7 Å². The Morgan fingerprint density at radius 2 is 1.90 bits per heavy atom. The lowest BCUT2D eigenvalue weighted by Gasteiger charge is -2.11. The van der Waals surface area contributed by atoms with Crippen LogP contribution in [0.3, 0.4) is 0 Å². The summed E-state index contributed by atoms with van der Waals surface area (Å²) in [7, 11) is 1.35. The maximum absolute atomic E-state index is 11.2. The number of aromatic nitrogens is 2. The Balaban J connectivity index is 2.12. The van der Waals surface area contributed by atoms with Crippen LogP contribution in [0.5, 0.6) is 5.75 Å². The quantitative estimate of drug-likeness (QED) is 0.773. The molecule has 0 unspecified atom stereocenters. The molecule has 0 bridgehead atoms. The molecule has 0 atom stereocenters. The van der Waals surface area contributed by atoms with Crippen molar-refractivity contribution in [3.8, 4) is 5.75 Å². The first-order chi connectivity index (χ1) is 9.38. The fourth-order valence-corrected chi connectivity index (χ4v) is 3.00. The van der Waals surface area contributed by atoms with E-state index in [9.17, 15) is 8.42 Å². The molecule has 0 radical (unpaired) electrons. The summed E-state index contributed by atoms with van der Waals surface area (Å²) in [6, 6.07) is 2.39. The average molecular weight is 356 g/mol. The van der Waals surface area contributed by atoms with Crippen LogP contribution in [-0.2, 0) is 15.6 Å². The number of imidazole rings is 1. The van der Waals surface area contributed by atoms with Crippen molar-refractivity contribution in [3.05, 3.63) is 40.9 Å². The zero-order valence-corrected chi connectivity index (χ0v) is 13.0. The van der Waals surface area contributed by atoms with Gasteiger partial charge in [-0.2, -0.15) is 0 Å². The van der Waals surface area contributed by atoms with Crippen LogP contribution in [0.2, 0.25) is 10.0 Å². The number of hydrogen-bond acceptors (Lipinski definition) is 4. The molecule has 2 aromatic rings. The van der Waals surface area contributed by atoms with Crippen LogP contribution < -0.4 is 4.74 Å². The Hall–Kier alpha value is -0.950. The van der Waals surface area contributed by atoms with E-state index in [0.717, 1.165) is 0 Å². The Kier molecular flexibility index (Phi) is 4.80. The first kappa shape index (κ1) is 15.4. The summed E-state index contributed by atoms with van der Waals surface area (Å²) in [6.07, 6.45) is 5.09. The van der Waals surface area contributed by atoms with E-state index in [-0.39, 0.29) is 20.7 Å². The van der Waals surface area contributed by atoms with Crippen molar-refractivity contribution in [3.63, 3.8) is 0 Å². The second-order valence-electron chi connectivity index (χ2n) is 3.80. The topological polar surface area (TPSA) is 61.2 Å². The summed E-state index contributed by atoms with van der Waals surface area (Å²) in [6.45, 7) is 0.866. The zero-order valence-electron chi connectivity index (χ0n) is 9.96. The van der Waals surface area contributed by atoms with Crippen LogP contribution >= 0.6 is 33.9 Å². The van der Waals surface area contributed by atoms with Crippen LogP contribution in [0.25, 0.3) is 0 Å². The van der Waals surface area contributed by atoms with Crippen molar-refractivity contribution in [2.24, 2.45) is 0 Å². The molecule has 0 aliphatic rings. The van der Waals surface area contributed by atoms with Gasteiger partial charge in [0.15, 0.2) is 5.75 Å². The lowest BCUT2D eigenvalue weighted by Crippen LogP contribution is -2.07. The van der Waals surface area contributed by atoms with E-state index in [2.05, 4.69) is 4.98 Å². The second-order valence-corrected chi connectivity index (χ2v) is 7.18. The van der Waals surface area contributed by atoms with E-state index >= 15 is 0 Å². The van der Waals surface area contributed by atoms with Crippen molar-refractivity contribution in [2.45, 2.75) is 11.4 Å². The summed E-state index contributed by atoms with van der Waals surface area (Å²) < 4.78 is 29.7. The average Bonchev–Trinajstić information content (AvgIpc) is 2.84. The zero-order chi connectivity index (χ0) is 14.8. The maximum atomic E-state index is 11.2. The molecule has 20 heavy (non-hydrogen) atoms. The normalized spacial score (nSPS) is 11.6. The molecule has 108 valence electrons. The van der Waals surface area contributed by atoms with Gasteiger partial charge in [0.1, 0.15) is 6.61 Å². The van der Waals surface area contributed by atoms with Gasteiger partial charge in [0.05, 0.1) is 27.8 Å². The van der Waals surface area contributed by atoms with Gasteiger partial charge in [-0.15, -0.1) is 0 Å². The lowest BCUT2D eigenvalue weighted by molar-refractivity contribution is 0.298. The monoisotopic (exact) mass is 354 g/mol. The van der Waals surface area contributed by atoms with Gasteiger partial charge in [0, 0.05) is 23.1 Å². The van der Waals surface area contributed by atoms with E-state index in [1.807, 2.05) is 4.57 Å².